The van der Waals surface area contributed by atoms with Crippen molar-refractivity contribution in [1.29, 1.82) is 0 Å². The normalized spacial score (nSPS) is 8.53. The molecule has 12 aromatic carbocycles. The maximum absolute atomic E-state index is 8.54. The van der Waals surface area contributed by atoms with Crippen molar-refractivity contribution in [3.05, 3.63) is 370 Å². The van der Waals surface area contributed by atoms with Crippen molar-refractivity contribution < 1.29 is 222 Å². The van der Waals surface area contributed by atoms with Crippen LogP contribution >= 0.6 is 0 Å². The fraction of sp³-hybridized carbons (Fsp3) is 0.0769. The summed E-state index contributed by atoms with van der Waals surface area (Å²) in [5.74, 6) is 5.56. The molecule has 36 heteroatoms. The second-order valence-corrected chi connectivity index (χ2v) is 39.8. The molecule has 618 valence electrons. The average molecular weight is 2920 g/mol. The Morgan fingerprint density at radius 2 is 0.246 bits per heavy atom. The molecule has 6 radical (unpaired) electrons. The first-order valence-electron chi connectivity index (χ1n) is 30.8. The van der Waals surface area contributed by atoms with E-state index >= 15 is 0 Å². The van der Waals surface area contributed by atoms with Crippen molar-refractivity contribution in [3.63, 3.8) is 0 Å². The van der Waals surface area contributed by atoms with Crippen molar-refractivity contribution >= 4 is 132 Å². The third-order valence-corrected chi connectivity index (χ3v) is 28.1. The van der Waals surface area contributed by atoms with Crippen LogP contribution in [-0.2, 0) is 18.1 Å². The van der Waals surface area contributed by atoms with Gasteiger partial charge in [-0.25, -0.2) is 0 Å². The van der Waals surface area contributed by atoms with Gasteiger partial charge in [0.25, 0.3) is 0 Å². The molecule has 0 aliphatic rings. The van der Waals surface area contributed by atoms with Crippen LogP contribution in [0.4, 0.5) is 28.2 Å². The summed E-state index contributed by atoms with van der Waals surface area (Å²) >= 11 is -13.9. The van der Waals surface area contributed by atoms with E-state index in [-0.39, 0.29) is 155 Å². The van der Waals surface area contributed by atoms with Crippen molar-refractivity contribution in [3.8, 4) is 34.5 Å². The fourth-order valence-electron chi connectivity index (χ4n) is 7.42. The molecule has 114 heavy (non-hydrogen) atoms. The van der Waals surface area contributed by atoms with Crippen LogP contribution in [0.5, 0.6) is 34.5 Å². The molecule has 0 aliphatic heterocycles. The number of methoxy groups -OCH3 is 6. The number of halogens is 12. The monoisotopic (exact) mass is 2910 g/mol. The zero-order chi connectivity index (χ0) is 79.3. The van der Waals surface area contributed by atoms with Gasteiger partial charge in [-0.2, -0.15) is 0 Å². The van der Waals surface area contributed by atoms with Gasteiger partial charge in [-0.15, -0.1) is 0 Å². The third kappa shape index (κ3) is 63.8. The first-order valence-corrected chi connectivity index (χ1v) is 57.7. The number of benzene rings is 12. The van der Waals surface area contributed by atoms with Gasteiger partial charge in [0.05, 0.1) is 42.7 Å². The molecule has 0 bridgehead atoms. The predicted molar refractivity (Wildman–Crippen MR) is 403 cm³/mol. The number of hydrogen-bond acceptors (Lipinski definition) is 18. The molecule has 0 fully saturated rings. The zero-order valence-electron chi connectivity index (χ0n) is 61.2. The van der Waals surface area contributed by atoms with Gasteiger partial charge in [0.15, 0.2) is 42.8 Å². The summed E-state index contributed by atoms with van der Waals surface area (Å²) in [5, 5.41) is 0. The van der Waals surface area contributed by atoms with Crippen LogP contribution in [0.2, 0.25) is 0 Å². The van der Waals surface area contributed by atoms with E-state index in [2.05, 4.69) is 255 Å². The van der Waals surface area contributed by atoms with Gasteiger partial charge >= 0.3 is 298 Å². The Hall–Kier alpha value is -3.13. The molecule has 18 nitrogen and oxygen atoms in total. The Balaban J connectivity index is -0.000000291. The van der Waals surface area contributed by atoms with Gasteiger partial charge < -0.3 is 28.4 Å². The minimum absolute atomic E-state index is 0. The van der Waals surface area contributed by atoms with Crippen LogP contribution in [0.25, 0.3) is 0 Å². The first-order chi connectivity index (χ1) is 52.8. The molecule has 0 heterocycles. The molecule has 0 saturated carbocycles. The summed E-state index contributed by atoms with van der Waals surface area (Å²) in [6.07, 6.45) is 0. The number of rotatable bonds is 18. The van der Waals surface area contributed by atoms with E-state index in [1.807, 2.05) is 72.8 Å². The van der Waals surface area contributed by atoms with Crippen LogP contribution in [0.1, 0.15) is 0 Å². The topological polar surface area (TPSA) is 296 Å². The second kappa shape index (κ2) is 86.3. The van der Waals surface area contributed by atoms with Crippen LogP contribution in [-0.4, -0.2) is 175 Å². The molecule has 0 unspecified atom stereocenters. The van der Waals surface area contributed by atoms with E-state index in [1.165, 1.54) is 42.8 Å². The van der Waals surface area contributed by atoms with Crippen molar-refractivity contribution in [1.82, 2.24) is 0 Å². The van der Waals surface area contributed by atoms with Gasteiger partial charge in [-0.05, 0) is 218 Å². The Labute approximate surface area is 789 Å². The quantitative estimate of drug-likeness (QED) is 0.0438. The summed E-state index contributed by atoms with van der Waals surface area (Å²) < 4.78 is 151. The Morgan fingerprint density at radius 3 is 0.325 bits per heavy atom. The summed E-state index contributed by atoms with van der Waals surface area (Å²) in [5.41, 5.74) is 0. The number of ether oxygens (including phenoxy) is 6. The molecule has 0 aliphatic carbocycles. The van der Waals surface area contributed by atoms with E-state index in [4.69, 9.17) is 66.8 Å². The van der Waals surface area contributed by atoms with Crippen LogP contribution < -0.4 is 176 Å². The van der Waals surface area contributed by atoms with Crippen molar-refractivity contribution in [2.75, 3.05) is 42.7 Å². The predicted octanol–water partition coefficient (Wildman–Crippen LogP) is -11.9. The Kier molecular flexibility index (Phi) is 92.1. The summed E-state index contributed by atoms with van der Waals surface area (Å²) in [6, 6.07) is 114. The van der Waals surface area contributed by atoms with E-state index in [0.717, 1.165) is 34.5 Å². The van der Waals surface area contributed by atoms with Gasteiger partial charge in [-0.1, -0.05) is 109 Å². The van der Waals surface area contributed by atoms with Crippen molar-refractivity contribution in [2.24, 2.45) is 0 Å². The van der Waals surface area contributed by atoms with E-state index < -0.39 is 132 Å². The van der Waals surface area contributed by atoms with Gasteiger partial charge in [-0.3, -0.25) is 28.2 Å². The van der Waals surface area contributed by atoms with Crippen LogP contribution in [0, 0.1) is 42.8 Å². The maximum atomic E-state index is 8.54. The molecule has 0 atom stereocenters. The Morgan fingerprint density at radius 1 is 0.167 bits per heavy atom. The SMILES string of the molecule is COc1ccc([I+]c2ccccc2)cc1.COc1ccc([I+]c2ccccc2)cc1.COc1ccc([I+]c2ccccc2)cc1.COc1ccc([I+]c2ccccc2)cc1.COc1ccc([I+]c2ccccc2)cc1.COc1ccc([I+]c2ccccc2)cc1.F.F.F.F.F.F.[O]=[SbH][O-].[O]=[SbH][O-].[O]=[SbH][O-].[O]=[SbH][O-].[O]=[SbH][O-].[O]=[SbH][O-]. The molecule has 12 rings (SSSR count). The van der Waals surface area contributed by atoms with Crippen LogP contribution in [0.15, 0.2) is 328 Å². The molecule has 12 aromatic rings. The van der Waals surface area contributed by atoms with E-state index in [9.17, 15) is 0 Å². The molecular formula is C78H84F6I6O18Sb6. The summed E-state index contributed by atoms with van der Waals surface area (Å²) in [7, 11) is 10.2. The van der Waals surface area contributed by atoms with Gasteiger partial charge in [0, 0.05) is 0 Å². The van der Waals surface area contributed by atoms with E-state index in [0.29, 0.717) is 0 Å². The standard InChI is InChI=1S/6C13H12IO.6FH.12O.6Sb.6H/c6*1-15-13-9-7-12(8-10-13)14-11-5-3-2-4-6-11;;;;;;;;;;;;;;;;;;;;;;;;;;;;;;/h6*2-10H,1H3;6*1H;;;;;;;;;;;;;;;;;;;;;;;;/q6*+1;;;;;;;;;;;;;6*-1;;;;;;;;;;;;. The number of hydrogen-bond donors (Lipinski definition) is 0. The minimum atomic E-state index is -2.27. The summed E-state index contributed by atoms with van der Waals surface area (Å²) in [6.45, 7) is 0. The fourth-order valence-corrected chi connectivity index (χ4v) is 20.7. The molecule has 0 N–H and O–H groups in total. The second-order valence-electron chi connectivity index (χ2n) is 18.8. The molecule has 0 spiro atoms. The third-order valence-electron chi connectivity index (χ3n) is 12.0. The van der Waals surface area contributed by atoms with Gasteiger partial charge in [0.1, 0.15) is 34.5 Å². The van der Waals surface area contributed by atoms with Crippen LogP contribution in [0.3, 0.4) is 0 Å². The molecule has 0 saturated heterocycles. The molecule has 0 aromatic heterocycles. The van der Waals surface area contributed by atoms with Crippen molar-refractivity contribution in [2.45, 2.75) is 0 Å². The Bertz CT molecular complexity index is 3500. The molecule has 0 amide bonds. The first kappa shape index (κ1) is 122. The molecular weight excluding hydrogens is 2830 g/mol. The van der Waals surface area contributed by atoms with E-state index in [1.54, 1.807) is 42.7 Å². The average Bonchev–Trinajstić information content (AvgIpc) is 0.924. The zero-order valence-corrected chi connectivity index (χ0v) is 91.3. The van der Waals surface area contributed by atoms with Gasteiger partial charge in [0.2, 0.25) is 0 Å². The summed E-state index contributed by atoms with van der Waals surface area (Å²) in [4.78, 5) is 0.